The van der Waals surface area contributed by atoms with Gasteiger partial charge in [-0.2, -0.15) is 0 Å². The Labute approximate surface area is 195 Å². The van der Waals surface area contributed by atoms with Crippen LogP contribution in [0.3, 0.4) is 0 Å². The number of hydrogen-bond donors (Lipinski definition) is 2. The van der Waals surface area contributed by atoms with Gasteiger partial charge in [-0.05, 0) is 60.5 Å². The maximum Gasteiger partial charge on any atom is 0.329 e. The zero-order valence-corrected chi connectivity index (χ0v) is 18.4. The van der Waals surface area contributed by atoms with Crippen LogP contribution in [0.5, 0.6) is 5.75 Å². The molecule has 4 rings (SSSR count). The second-order valence-electron chi connectivity index (χ2n) is 7.78. The number of hydrogen-bond acceptors (Lipinski definition) is 4. The van der Waals surface area contributed by atoms with E-state index in [0.29, 0.717) is 17.0 Å². The van der Waals surface area contributed by atoms with E-state index in [1.165, 1.54) is 18.2 Å². The average Bonchev–Trinajstić information content (AvgIpc) is 3.08. The predicted molar refractivity (Wildman–Crippen MR) is 125 cm³/mol. The third kappa shape index (κ3) is 5.66. The summed E-state index contributed by atoms with van der Waals surface area (Å²) in [7, 11) is 0. The van der Waals surface area contributed by atoms with Crippen molar-refractivity contribution >= 4 is 29.6 Å². The van der Waals surface area contributed by atoms with Crippen molar-refractivity contribution in [1.82, 2.24) is 10.2 Å². The lowest BCUT2D eigenvalue weighted by Gasteiger charge is -2.12. The van der Waals surface area contributed by atoms with Crippen LogP contribution in [0.15, 0.2) is 78.5 Å². The molecular weight excluding hydrogens is 437 g/mol. The summed E-state index contributed by atoms with van der Waals surface area (Å²) in [5.74, 6) is -0.849. The molecule has 34 heavy (non-hydrogen) atoms. The molecule has 2 N–H and O–H groups in total. The molecule has 0 atom stereocenters. The molecule has 0 radical (unpaired) electrons. The SMILES string of the molecule is Cc1ccc(NC(=O)CN2C(=O)N/C(=C/c3cccc(OCc4ccc(F)cc4)c3)C2=O)cc1. The van der Waals surface area contributed by atoms with Gasteiger partial charge in [0.2, 0.25) is 5.91 Å². The molecule has 1 aliphatic rings. The van der Waals surface area contributed by atoms with Gasteiger partial charge in [0, 0.05) is 5.69 Å². The van der Waals surface area contributed by atoms with Gasteiger partial charge in [0.25, 0.3) is 5.91 Å². The van der Waals surface area contributed by atoms with Crippen molar-refractivity contribution < 1.29 is 23.5 Å². The molecule has 0 bridgehead atoms. The maximum atomic E-state index is 13.0. The number of rotatable bonds is 7. The van der Waals surface area contributed by atoms with Crippen LogP contribution in [0.25, 0.3) is 6.08 Å². The molecule has 1 saturated heterocycles. The zero-order valence-electron chi connectivity index (χ0n) is 18.4. The number of benzene rings is 3. The molecular formula is C26H22FN3O4. The summed E-state index contributed by atoms with van der Waals surface area (Å²) in [5, 5.41) is 5.17. The van der Waals surface area contributed by atoms with E-state index in [2.05, 4.69) is 10.6 Å². The highest BCUT2D eigenvalue weighted by Gasteiger charge is 2.34. The molecule has 1 aliphatic heterocycles. The van der Waals surface area contributed by atoms with Crippen molar-refractivity contribution in [3.63, 3.8) is 0 Å². The number of imide groups is 1. The Hall–Kier alpha value is -4.46. The van der Waals surface area contributed by atoms with Gasteiger partial charge in [-0.3, -0.25) is 9.59 Å². The van der Waals surface area contributed by atoms with Gasteiger partial charge >= 0.3 is 6.03 Å². The molecule has 0 aromatic heterocycles. The first-order chi connectivity index (χ1) is 16.4. The molecule has 3 aromatic rings. The van der Waals surface area contributed by atoms with Crippen LogP contribution < -0.4 is 15.4 Å². The minimum absolute atomic E-state index is 0.0591. The molecule has 172 valence electrons. The number of aryl methyl sites for hydroxylation is 1. The Morgan fingerprint density at radius 3 is 2.53 bits per heavy atom. The Morgan fingerprint density at radius 1 is 1.06 bits per heavy atom. The number of halogens is 1. The molecule has 0 unspecified atom stereocenters. The summed E-state index contributed by atoms with van der Waals surface area (Å²) in [4.78, 5) is 38.2. The summed E-state index contributed by atoms with van der Waals surface area (Å²) in [6.45, 7) is 1.77. The molecule has 4 amide bonds. The number of amides is 4. The van der Waals surface area contributed by atoms with Gasteiger partial charge in [-0.15, -0.1) is 0 Å². The fourth-order valence-electron chi connectivity index (χ4n) is 3.30. The third-order valence-corrected chi connectivity index (χ3v) is 5.09. The minimum atomic E-state index is -0.668. The Bertz CT molecular complexity index is 1250. The van der Waals surface area contributed by atoms with E-state index < -0.39 is 24.4 Å². The zero-order chi connectivity index (χ0) is 24.1. The van der Waals surface area contributed by atoms with Crippen molar-refractivity contribution in [1.29, 1.82) is 0 Å². The van der Waals surface area contributed by atoms with Crippen LogP contribution >= 0.6 is 0 Å². The number of nitrogens with one attached hydrogen (secondary N) is 2. The number of nitrogens with zero attached hydrogens (tertiary/aromatic N) is 1. The van der Waals surface area contributed by atoms with Gasteiger partial charge in [0.05, 0.1) is 0 Å². The van der Waals surface area contributed by atoms with E-state index >= 15 is 0 Å². The first-order valence-corrected chi connectivity index (χ1v) is 10.6. The Morgan fingerprint density at radius 2 is 1.79 bits per heavy atom. The quantitative estimate of drug-likeness (QED) is 0.409. The molecule has 3 aromatic carbocycles. The number of urea groups is 1. The Kier molecular flexibility index (Phi) is 6.68. The molecule has 0 saturated carbocycles. The normalized spacial score (nSPS) is 14.3. The lowest BCUT2D eigenvalue weighted by atomic mass is 10.1. The maximum absolute atomic E-state index is 13.0. The van der Waals surface area contributed by atoms with E-state index in [4.69, 9.17) is 4.74 Å². The van der Waals surface area contributed by atoms with Crippen LogP contribution in [0.2, 0.25) is 0 Å². The Balaban J connectivity index is 1.39. The van der Waals surface area contributed by atoms with E-state index in [-0.39, 0.29) is 18.1 Å². The van der Waals surface area contributed by atoms with Gasteiger partial charge in [-0.1, -0.05) is 42.0 Å². The highest BCUT2D eigenvalue weighted by Crippen LogP contribution is 2.20. The third-order valence-electron chi connectivity index (χ3n) is 5.09. The largest absolute Gasteiger partial charge is 0.489 e. The lowest BCUT2D eigenvalue weighted by Crippen LogP contribution is -2.38. The van der Waals surface area contributed by atoms with Crippen molar-refractivity contribution in [3.05, 3.63) is 101 Å². The van der Waals surface area contributed by atoms with Crippen LogP contribution in [0.4, 0.5) is 14.9 Å². The van der Waals surface area contributed by atoms with Crippen LogP contribution in [-0.4, -0.2) is 29.3 Å². The van der Waals surface area contributed by atoms with Gasteiger partial charge in [0.15, 0.2) is 0 Å². The average molecular weight is 459 g/mol. The monoisotopic (exact) mass is 459 g/mol. The summed E-state index contributed by atoms with van der Waals surface area (Å²) >= 11 is 0. The molecule has 1 heterocycles. The summed E-state index contributed by atoms with van der Waals surface area (Å²) in [5.41, 5.74) is 3.13. The lowest BCUT2D eigenvalue weighted by molar-refractivity contribution is -0.127. The van der Waals surface area contributed by atoms with Gasteiger partial charge < -0.3 is 15.4 Å². The van der Waals surface area contributed by atoms with Crippen LogP contribution in [0.1, 0.15) is 16.7 Å². The van der Waals surface area contributed by atoms with Crippen molar-refractivity contribution in [2.45, 2.75) is 13.5 Å². The van der Waals surface area contributed by atoms with Crippen LogP contribution in [0, 0.1) is 12.7 Å². The molecule has 0 aliphatic carbocycles. The van der Waals surface area contributed by atoms with Crippen molar-refractivity contribution in [2.24, 2.45) is 0 Å². The number of anilines is 1. The number of ether oxygens (including phenoxy) is 1. The fourth-order valence-corrected chi connectivity index (χ4v) is 3.30. The fraction of sp³-hybridized carbons (Fsp3) is 0.115. The second-order valence-corrected chi connectivity index (χ2v) is 7.78. The number of carbonyl (C=O) groups excluding carboxylic acids is 3. The smallest absolute Gasteiger partial charge is 0.329 e. The molecule has 8 heteroatoms. The van der Waals surface area contributed by atoms with E-state index in [1.54, 1.807) is 48.5 Å². The van der Waals surface area contributed by atoms with Crippen LogP contribution in [-0.2, 0) is 16.2 Å². The second kappa shape index (κ2) is 9.99. The number of carbonyl (C=O) groups is 3. The van der Waals surface area contributed by atoms with E-state index in [0.717, 1.165) is 16.0 Å². The van der Waals surface area contributed by atoms with Gasteiger partial charge in [0.1, 0.15) is 30.4 Å². The van der Waals surface area contributed by atoms with E-state index in [9.17, 15) is 18.8 Å². The standard InChI is InChI=1S/C26H22FN3O4/c1-17-5-11-21(12-6-17)28-24(31)15-30-25(32)23(29-26(30)33)14-19-3-2-4-22(13-19)34-16-18-7-9-20(27)10-8-18/h2-14H,15-16H2,1H3,(H,28,31)(H,29,33)/b23-14+. The van der Waals surface area contributed by atoms with Crippen molar-refractivity contribution in [3.8, 4) is 5.75 Å². The van der Waals surface area contributed by atoms with E-state index in [1.807, 2.05) is 19.1 Å². The molecule has 1 fully saturated rings. The summed E-state index contributed by atoms with van der Waals surface area (Å²) in [6.07, 6.45) is 1.52. The molecule has 7 nitrogen and oxygen atoms in total. The van der Waals surface area contributed by atoms with Crippen molar-refractivity contribution in [2.75, 3.05) is 11.9 Å². The highest BCUT2D eigenvalue weighted by molar-refractivity contribution is 6.15. The topological polar surface area (TPSA) is 87.7 Å². The minimum Gasteiger partial charge on any atom is -0.489 e. The molecule has 0 spiro atoms. The predicted octanol–water partition coefficient (Wildman–Crippen LogP) is 4.24. The first kappa shape index (κ1) is 22.7. The summed E-state index contributed by atoms with van der Waals surface area (Å²) < 4.78 is 18.8. The van der Waals surface area contributed by atoms with Gasteiger partial charge in [-0.25, -0.2) is 14.1 Å². The first-order valence-electron chi connectivity index (χ1n) is 10.6. The summed E-state index contributed by atoms with van der Waals surface area (Å²) in [6, 6.07) is 19.5. The highest BCUT2D eigenvalue weighted by atomic mass is 19.1.